The first kappa shape index (κ1) is 15.4. The van der Waals surface area contributed by atoms with E-state index in [1.165, 1.54) is 0 Å². The molecule has 1 aromatic heterocycles. The molecule has 1 aromatic carbocycles. The Morgan fingerprint density at radius 1 is 1.14 bits per heavy atom. The molecule has 3 nitrogen and oxygen atoms in total. The predicted molar refractivity (Wildman–Crippen MR) is 85.3 cm³/mol. The quantitative estimate of drug-likeness (QED) is 0.777. The smallest absolute Gasteiger partial charge is 0.202 e. The van der Waals surface area contributed by atoms with E-state index in [2.05, 4.69) is 11.5 Å². The highest BCUT2D eigenvalue weighted by molar-refractivity contribution is 5.98. The fourth-order valence-corrected chi connectivity index (χ4v) is 2.81. The Hall–Kier alpha value is -2.03. The Labute approximate surface area is 126 Å². The van der Waals surface area contributed by atoms with Crippen molar-refractivity contribution in [2.75, 3.05) is 6.61 Å². The lowest BCUT2D eigenvalue weighted by atomic mass is 10.1. The van der Waals surface area contributed by atoms with Gasteiger partial charge in [-0.15, -0.1) is 0 Å². The fourth-order valence-electron chi connectivity index (χ4n) is 2.81. The molecule has 0 fully saturated rings. The maximum Gasteiger partial charge on any atom is 0.202 e. The van der Waals surface area contributed by atoms with Gasteiger partial charge in [0, 0.05) is 23.5 Å². The van der Waals surface area contributed by atoms with E-state index >= 15 is 0 Å². The number of ether oxygens (including phenoxy) is 1. The molecule has 0 saturated heterocycles. The van der Waals surface area contributed by atoms with Gasteiger partial charge >= 0.3 is 0 Å². The molecular weight excluding hydrogens is 262 g/mol. The highest BCUT2D eigenvalue weighted by Gasteiger charge is 2.16. The van der Waals surface area contributed by atoms with Crippen molar-refractivity contribution in [2.24, 2.45) is 0 Å². The molecule has 112 valence electrons. The van der Waals surface area contributed by atoms with Crippen LogP contribution in [0.25, 0.3) is 0 Å². The summed E-state index contributed by atoms with van der Waals surface area (Å²) in [7, 11) is 0. The summed E-state index contributed by atoms with van der Waals surface area (Å²) in [6.07, 6.45) is 0. The van der Waals surface area contributed by atoms with Crippen molar-refractivity contribution in [1.82, 2.24) is 4.57 Å². The SMILES string of the molecule is CCn1c(C)cc(C(=O)COc2c(C)cccc2C)c1C. The molecule has 0 unspecified atom stereocenters. The number of benzene rings is 1. The molecule has 1 heterocycles. The fraction of sp³-hybridized carbons (Fsp3) is 0.389. The first-order chi connectivity index (χ1) is 9.95. The van der Waals surface area contributed by atoms with Gasteiger partial charge in [0.1, 0.15) is 5.75 Å². The molecular formula is C18H23NO2. The minimum Gasteiger partial charge on any atom is -0.485 e. The predicted octanol–water partition coefficient (Wildman–Crippen LogP) is 4.00. The van der Waals surface area contributed by atoms with Gasteiger partial charge in [0.15, 0.2) is 6.61 Å². The van der Waals surface area contributed by atoms with Crippen LogP contribution in [0.3, 0.4) is 0 Å². The van der Waals surface area contributed by atoms with E-state index in [4.69, 9.17) is 4.74 Å². The minimum absolute atomic E-state index is 0.0328. The van der Waals surface area contributed by atoms with Crippen molar-refractivity contribution >= 4 is 5.78 Å². The molecule has 3 heteroatoms. The van der Waals surface area contributed by atoms with Crippen molar-refractivity contribution < 1.29 is 9.53 Å². The molecule has 0 radical (unpaired) electrons. The van der Waals surface area contributed by atoms with Gasteiger partial charge in [-0.2, -0.15) is 0 Å². The van der Waals surface area contributed by atoms with E-state index < -0.39 is 0 Å². The monoisotopic (exact) mass is 285 g/mol. The van der Waals surface area contributed by atoms with Crippen LogP contribution in [0.5, 0.6) is 5.75 Å². The summed E-state index contributed by atoms with van der Waals surface area (Å²) < 4.78 is 7.91. The molecule has 0 aliphatic rings. The van der Waals surface area contributed by atoms with Crippen molar-refractivity contribution in [3.63, 3.8) is 0 Å². The summed E-state index contributed by atoms with van der Waals surface area (Å²) in [6, 6.07) is 7.94. The average molecular weight is 285 g/mol. The lowest BCUT2D eigenvalue weighted by Crippen LogP contribution is -2.13. The summed E-state index contributed by atoms with van der Waals surface area (Å²) in [4.78, 5) is 12.4. The highest BCUT2D eigenvalue weighted by Crippen LogP contribution is 2.23. The van der Waals surface area contributed by atoms with Crippen LogP contribution in [0.4, 0.5) is 0 Å². The largest absolute Gasteiger partial charge is 0.485 e. The number of aryl methyl sites for hydroxylation is 3. The highest BCUT2D eigenvalue weighted by atomic mass is 16.5. The van der Waals surface area contributed by atoms with Crippen LogP contribution in [0.15, 0.2) is 24.3 Å². The summed E-state index contributed by atoms with van der Waals surface area (Å²) in [5.41, 5.74) is 5.01. The third kappa shape index (κ3) is 3.02. The standard InChI is InChI=1S/C18H23NO2/c1-6-19-14(4)10-16(15(19)5)17(20)11-21-18-12(2)8-7-9-13(18)3/h7-10H,6,11H2,1-5H3. The van der Waals surface area contributed by atoms with Crippen molar-refractivity contribution in [3.8, 4) is 5.75 Å². The number of para-hydroxylation sites is 1. The second kappa shape index (κ2) is 6.17. The molecule has 0 bridgehead atoms. The number of Topliss-reactive ketones (excluding diaryl/α,β-unsaturated/α-hetero) is 1. The van der Waals surface area contributed by atoms with Crippen LogP contribution >= 0.6 is 0 Å². The molecule has 0 amide bonds. The average Bonchev–Trinajstić information content (AvgIpc) is 2.72. The number of carbonyl (C=O) groups is 1. The van der Waals surface area contributed by atoms with Crippen LogP contribution in [-0.2, 0) is 6.54 Å². The molecule has 0 aliphatic carbocycles. The zero-order chi connectivity index (χ0) is 15.6. The van der Waals surface area contributed by atoms with Crippen molar-refractivity contribution in [3.05, 3.63) is 52.3 Å². The second-order valence-electron chi connectivity index (χ2n) is 5.46. The number of carbonyl (C=O) groups excluding carboxylic acids is 1. The van der Waals surface area contributed by atoms with Gasteiger partial charge < -0.3 is 9.30 Å². The van der Waals surface area contributed by atoms with E-state index in [0.29, 0.717) is 0 Å². The van der Waals surface area contributed by atoms with Gasteiger partial charge in [-0.3, -0.25) is 4.79 Å². The number of ketones is 1. The summed E-state index contributed by atoms with van der Waals surface area (Å²) in [5.74, 6) is 0.848. The number of aromatic nitrogens is 1. The minimum atomic E-state index is 0.0328. The molecule has 21 heavy (non-hydrogen) atoms. The molecule has 2 aromatic rings. The Morgan fingerprint density at radius 2 is 1.76 bits per heavy atom. The topological polar surface area (TPSA) is 31.2 Å². The van der Waals surface area contributed by atoms with Gasteiger partial charge in [-0.25, -0.2) is 0 Å². The number of hydrogen-bond donors (Lipinski definition) is 0. The lowest BCUT2D eigenvalue weighted by Gasteiger charge is -2.11. The van der Waals surface area contributed by atoms with Gasteiger partial charge in [0.05, 0.1) is 0 Å². The summed E-state index contributed by atoms with van der Waals surface area (Å²) in [5, 5.41) is 0. The lowest BCUT2D eigenvalue weighted by molar-refractivity contribution is 0.0920. The normalized spacial score (nSPS) is 10.7. The van der Waals surface area contributed by atoms with Crippen LogP contribution < -0.4 is 4.74 Å². The van der Waals surface area contributed by atoms with E-state index in [0.717, 1.165) is 40.4 Å². The Morgan fingerprint density at radius 3 is 2.29 bits per heavy atom. The van der Waals surface area contributed by atoms with E-state index in [-0.39, 0.29) is 12.4 Å². The third-order valence-corrected chi connectivity index (χ3v) is 3.95. The number of nitrogens with zero attached hydrogens (tertiary/aromatic N) is 1. The molecule has 0 atom stereocenters. The zero-order valence-electron chi connectivity index (χ0n) is 13.5. The van der Waals surface area contributed by atoms with Crippen LogP contribution in [0.1, 0.15) is 39.8 Å². The van der Waals surface area contributed by atoms with Gasteiger partial charge in [-0.1, -0.05) is 18.2 Å². The maximum absolute atomic E-state index is 12.4. The molecule has 0 N–H and O–H groups in total. The van der Waals surface area contributed by atoms with Crippen LogP contribution in [0.2, 0.25) is 0 Å². The third-order valence-electron chi connectivity index (χ3n) is 3.95. The van der Waals surface area contributed by atoms with Crippen molar-refractivity contribution in [1.29, 1.82) is 0 Å². The number of rotatable bonds is 5. The molecule has 0 spiro atoms. The van der Waals surface area contributed by atoms with Crippen molar-refractivity contribution in [2.45, 2.75) is 41.2 Å². The maximum atomic E-state index is 12.4. The Balaban J connectivity index is 2.16. The van der Waals surface area contributed by atoms with Gasteiger partial charge in [0.2, 0.25) is 5.78 Å². The van der Waals surface area contributed by atoms with Gasteiger partial charge in [0.25, 0.3) is 0 Å². The van der Waals surface area contributed by atoms with Crippen LogP contribution in [-0.4, -0.2) is 17.0 Å². The first-order valence-corrected chi connectivity index (χ1v) is 7.34. The van der Waals surface area contributed by atoms with E-state index in [1.54, 1.807) is 0 Å². The Bertz CT molecular complexity index is 648. The summed E-state index contributed by atoms with van der Waals surface area (Å²) in [6.45, 7) is 11.1. The number of hydrogen-bond acceptors (Lipinski definition) is 2. The van der Waals surface area contributed by atoms with Crippen LogP contribution in [0, 0.1) is 27.7 Å². The molecule has 0 aliphatic heterocycles. The zero-order valence-corrected chi connectivity index (χ0v) is 13.5. The van der Waals surface area contributed by atoms with E-state index in [9.17, 15) is 4.79 Å². The van der Waals surface area contributed by atoms with Gasteiger partial charge in [-0.05, 0) is 51.8 Å². The first-order valence-electron chi connectivity index (χ1n) is 7.34. The Kier molecular flexibility index (Phi) is 4.51. The molecule has 0 saturated carbocycles. The molecule has 2 rings (SSSR count). The van der Waals surface area contributed by atoms with E-state index in [1.807, 2.05) is 52.0 Å². The second-order valence-corrected chi connectivity index (χ2v) is 5.46. The summed E-state index contributed by atoms with van der Waals surface area (Å²) >= 11 is 0.